The summed E-state index contributed by atoms with van der Waals surface area (Å²) in [6, 6.07) is 6.74. The summed E-state index contributed by atoms with van der Waals surface area (Å²) < 4.78 is 5.67. The molecule has 1 aromatic rings. The van der Waals surface area contributed by atoms with E-state index in [4.69, 9.17) is 4.74 Å². The fraction of sp³-hybridized carbons (Fsp3) is 0.684. The number of nitrogens with one attached hydrogen (secondary N) is 1. The number of piperidine rings is 2. The zero-order valence-electron chi connectivity index (χ0n) is 14.3. The average Bonchev–Trinajstić information content (AvgIpc) is 2.56. The predicted octanol–water partition coefficient (Wildman–Crippen LogP) is 3.79. The number of rotatable bonds is 3. The third-order valence-corrected chi connectivity index (χ3v) is 5.70. The first-order valence-corrected chi connectivity index (χ1v) is 8.77. The topological polar surface area (TPSA) is 24.5 Å². The number of hydrogen-bond acceptors (Lipinski definition) is 3. The van der Waals surface area contributed by atoms with E-state index in [0.29, 0.717) is 11.3 Å². The first-order valence-electron chi connectivity index (χ1n) is 8.77. The van der Waals surface area contributed by atoms with Gasteiger partial charge in [0, 0.05) is 13.1 Å². The standard InChI is InChI=1S/C19H30N2O/c1-15(2)16-4-5-17(18(14-16)22-3)21-12-8-19(9-13-21)6-10-20-11-7-19/h4-5,14-15,20H,6-13H2,1-3H3. The van der Waals surface area contributed by atoms with E-state index in [0.717, 1.165) is 18.8 Å². The van der Waals surface area contributed by atoms with Gasteiger partial charge >= 0.3 is 0 Å². The summed E-state index contributed by atoms with van der Waals surface area (Å²) in [6.45, 7) is 9.19. The van der Waals surface area contributed by atoms with Crippen LogP contribution in [0.15, 0.2) is 18.2 Å². The zero-order valence-corrected chi connectivity index (χ0v) is 14.3. The normalized spacial score (nSPS) is 21.4. The Balaban J connectivity index is 1.73. The van der Waals surface area contributed by atoms with Gasteiger partial charge in [0.15, 0.2) is 0 Å². The summed E-state index contributed by atoms with van der Waals surface area (Å²) in [5.41, 5.74) is 3.23. The van der Waals surface area contributed by atoms with Gasteiger partial charge < -0.3 is 15.0 Å². The summed E-state index contributed by atoms with van der Waals surface area (Å²) in [6.07, 6.45) is 5.35. The van der Waals surface area contributed by atoms with Gasteiger partial charge in [-0.2, -0.15) is 0 Å². The molecular formula is C19H30N2O. The highest BCUT2D eigenvalue weighted by Crippen LogP contribution is 2.42. The van der Waals surface area contributed by atoms with E-state index in [2.05, 4.69) is 42.3 Å². The molecule has 1 spiro atoms. The van der Waals surface area contributed by atoms with Gasteiger partial charge in [0.05, 0.1) is 12.8 Å². The molecule has 2 fully saturated rings. The molecule has 3 nitrogen and oxygen atoms in total. The number of hydrogen-bond donors (Lipinski definition) is 1. The minimum atomic E-state index is 0.544. The van der Waals surface area contributed by atoms with E-state index in [1.807, 2.05) is 0 Å². The van der Waals surface area contributed by atoms with Crippen molar-refractivity contribution in [2.75, 3.05) is 38.2 Å². The minimum absolute atomic E-state index is 0.544. The molecule has 1 N–H and O–H groups in total. The molecule has 2 saturated heterocycles. The largest absolute Gasteiger partial charge is 0.495 e. The number of ether oxygens (including phenoxy) is 1. The van der Waals surface area contributed by atoms with Gasteiger partial charge in [-0.1, -0.05) is 19.9 Å². The molecule has 3 heteroatoms. The van der Waals surface area contributed by atoms with Gasteiger partial charge in [-0.3, -0.25) is 0 Å². The Hall–Kier alpha value is -1.22. The summed E-state index contributed by atoms with van der Waals surface area (Å²) in [7, 11) is 1.79. The maximum absolute atomic E-state index is 5.67. The lowest BCUT2D eigenvalue weighted by atomic mass is 9.71. The van der Waals surface area contributed by atoms with Crippen LogP contribution in [0.2, 0.25) is 0 Å². The van der Waals surface area contributed by atoms with Gasteiger partial charge in [-0.25, -0.2) is 0 Å². The Kier molecular flexibility index (Phi) is 4.62. The lowest BCUT2D eigenvalue weighted by Gasteiger charge is -2.45. The number of nitrogens with zero attached hydrogens (tertiary/aromatic N) is 1. The van der Waals surface area contributed by atoms with E-state index in [-0.39, 0.29) is 0 Å². The van der Waals surface area contributed by atoms with Crippen molar-refractivity contribution in [1.29, 1.82) is 0 Å². The molecule has 2 heterocycles. The molecule has 0 bridgehead atoms. The van der Waals surface area contributed by atoms with Gasteiger partial charge in [0.1, 0.15) is 5.75 Å². The van der Waals surface area contributed by atoms with Crippen molar-refractivity contribution in [2.24, 2.45) is 5.41 Å². The molecule has 122 valence electrons. The number of anilines is 1. The van der Waals surface area contributed by atoms with E-state index in [9.17, 15) is 0 Å². The molecule has 22 heavy (non-hydrogen) atoms. The van der Waals surface area contributed by atoms with Crippen LogP contribution in [0.4, 0.5) is 5.69 Å². The van der Waals surface area contributed by atoms with Crippen LogP contribution in [0, 0.1) is 5.41 Å². The second kappa shape index (κ2) is 6.49. The van der Waals surface area contributed by atoms with Crippen LogP contribution in [-0.4, -0.2) is 33.3 Å². The molecule has 2 aliphatic rings. The van der Waals surface area contributed by atoms with Crippen molar-refractivity contribution in [1.82, 2.24) is 5.32 Å². The molecule has 0 amide bonds. The molecule has 3 rings (SSSR count). The highest BCUT2D eigenvalue weighted by Gasteiger charge is 2.36. The number of benzene rings is 1. The van der Waals surface area contributed by atoms with Crippen molar-refractivity contribution < 1.29 is 4.74 Å². The van der Waals surface area contributed by atoms with E-state index in [1.54, 1.807) is 7.11 Å². The monoisotopic (exact) mass is 302 g/mol. The molecule has 1 aromatic carbocycles. The minimum Gasteiger partial charge on any atom is -0.495 e. The summed E-state index contributed by atoms with van der Waals surface area (Å²) in [4.78, 5) is 2.52. The quantitative estimate of drug-likeness (QED) is 0.919. The van der Waals surface area contributed by atoms with E-state index in [1.165, 1.54) is 50.0 Å². The molecule has 2 aliphatic heterocycles. The van der Waals surface area contributed by atoms with Crippen molar-refractivity contribution in [3.8, 4) is 5.75 Å². The highest BCUT2D eigenvalue weighted by molar-refractivity contribution is 5.60. The SMILES string of the molecule is COc1cc(C(C)C)ccc1N1CCC2(CCNCC2)CC1. The third kappa shape index (κ3) is 3.10. The highest BCUT2D eigenvalue weighted by atomic mass is 16.5. The second-order valence-electron chi connectivity index (χ2n) is 7.32. The lowest BCUT2D eigenvalue weighted by Crippen LogP contribution is -2.45. The number of methoxy groups -OCH3 is 1. The van der Waals surface area contributed by atoms with Crippen molar-refractivity contribution in [3.63, 3.8) is 0 Å². The van der Waals surface area contributed by atoms with Crippen LogP contribution in [0.3, 0.4) is 0 Å². The summed E-state index contributed by atoms with van der Waals surface area (Å²) in [5, 5.41) is 3.50. The molecular weight excluding hydrogens is 272 g/mol. The molecule has 0 aromatic heterocycles. The fourth-order valence-electron chi connectivity index (χ4n) is 3.99. The third-order valence-electron chi connectivity index (χ3n) is 5.70. The maximum atomic E-state index is 5.67. The Labute approximate surface area is 135 Å². The summed E-state index contributed by atoms with van der Waals surface area (Å²) in [5.74, 6) is 1.58. The van der Waals surface area contributed by atoms with E-state index < -0.39 is 0 Å². The summed E-state index contributed by atoms with van der Waals surface area (Å²) >= 11 is 0. The molecule has 0 saturated carbocycles. The molecule has 0 atom stereocenters. The van der Waals surface area contributed by atoms with Crippen LogP contribution in [0.1, 0.15) is 51.0 Å². The Morgan fingerprint density at radius 2 is 1.77 bits per heavy atom. The van der Waals surface area contributed by atoms with Crippen molar-refractivity contribution >= 4 is 5.69 Å². The predicted molar refractivity (Wildman–Crippen MR) is 93.1 cm³/mol. The fourth-order valence-corrected chi connectivity index (χ4v) is 3.99. The second-order valence-corrected chi connectivity index (χ2v) is 7.32. The van der Waals surface area contributed by atoms with Crippen molar-refractivity contribution in [3.05, 3.63) is 23.8 Å². The van der Waals surface area contributed by atoms with Crippen LogP contribution >= 0.6 is 0 Å². The molecule has 0 aliphatic carbocycles. The Bertz CT molecular complexity index is 496. The van der Waals surface area contributed by atoms with Gasteiger partial charge in [0.25, 0.3) is 0 Å². The van der Waals surface area contributed by atoms with Gasteiger partial charge in [0.2, 0.25) is 0 Å². The van der Waals surface area contributed by atoms with Gasteiger partial charge in [-0.15, -0.1) is 0 Å². The van der Waals surface area contributed by atoms with Gasteiger partial charge in [-0.05, 0) is 67.8 Å². The maximum Gasteiger partial charge on any atom is 0.142 e. The van der Waals surface area contributed by atoms with Crippen LogP contribution in [0.25, 0.3) is 0 Å². The Morgan fingerprint density at radius 1 is 1.09 bits per heavy atom. The molecule has 0 unspecified atom stereocenters. The first kappa shape index (κ1) is 15.7. The van der Waals surface area contributed by atoms with Crippen LogP contribution in [0.5, 0.6) is 5.75 Å². The van der Waals surface area contributed by atoms with E-state index >= 15 is 0 Å². The Morgan fingerprint density at radius 3 is 2.36 bits per heavy atom. The van der Waals surface area contributed by atoms with Crippen LogP contribution in [-0.2, 0) is 0 Å². The molecule has 0 radical (unpaired) electrons. The van der Waals surface area contributed by atoms with Crippen molar-refractivity contribution in [2.45, 2.75) is 45.4 Å². The zero-order chi connectivity index (χ0) is 15.6. The smallest absolute Gasteiger partial charge is 0.142 e. The average molecular weight is 302 g/mol. The van der Waals surface area contributed by atoms with Crippen LogP contribution < -0.4 is 15.0 Å². The lowest BCUT2D eigenvalue weighted by molar-refractivity contribution is 0.154. The first-order chi connectivity index (χ1) is 10.6.